The smallest absolute Gasteiger partial charge is 0.408 e. The molecule has 5 nitrogen and oxygen atoms in total. The Kier molecular flexibility index (Phi) is 3.71. The molecule has 0 aliphatic rings. The Balaban J connectivity index is 3.96. The maximum Gasteiger partial charge on any atom is 0.408 e. The summed E-state index contributed by atoms with van der Waals surface area (Å²) in [6, 6.07) is -0.935. The van der Waals surface area contributed by atoms with Crippen LogP contribution in [-0.4, -0.2) is 28.8 Å². The first-order valence-corrected chi connectivity index (χ1v) is 3.94. The van der Waals surface area contributed by atoms with E-state index in [1.807, 2.05) is 0 Å². The van der Waals surface area contributed by atoms with E-state index >= 15 is 0 Å². The molecule has 0 aliphatic carbocycles. The molecule has 0 fully saturated rings. The Morgan fingerprint density at radius 3 is 2.15 bits per heavy atom. The fourth-order valence-electron chi connectivity index (χ4n) is 0.546. The minimum Gasteiger partial charge on any atom is -0.480 e. The lowest BCUT2D eigenvalue weighted by atomic mass is 10.2. The topological polar surface area (TPSA) is 75.6 Å². The SMILES string of the molecule is CC(C)(C)OC(=O)N[13C@@H]([13CH3])[13C](=O)O. The maximum atomic E-state index is 11.0. The Hall–Kier alpha value is -1.26. The maximum absolute atomic E-state index is 11.0. The summed E-state index contributed by atoms with van der Waals surface area (Å²) in [5.41, 5.74) is -0.609. The van der Waals surface area contributed by atoms with Crippen molar-refractivity contribution in [1.29, 1.82) is 0 Å². The van der Waals surface area contributed by atoms with Crippen LogP contribution in [0.4, 0.5) is 4.79 Å². The number of aliphatic carboxylic acids is 1. The quantitative estimate of drug-likeness (QED) is 0.639. The van der Waals surface area contributed by atoms with Crippen LogP contribution < -0.4 is 5.32 Å². The van der Waals surface area contributed by atoms with Crippen LogP contribution in [0.3, 0.4) is 0 Å². The van der Waals surface area contributed by atoms with Gasteiger partial charge in [0, 0.05) is 0 Å². The number of carboxylic acids is 1. The molecule has 76 valence electrons. The highest BCUT2D eigenvalue weighted by Gasteiger charge is 2.20. The van der Waals surface area contributed by atoms with E-state index in [2.05, 4.69) is 5.32 Å². The van der Waals surface area contributed by atoms with E-state index in [1.54, 1.807) is 20.8 Å². The third kappa shape index (κ3) is 5.95. The van der Waals surface area contributed by atoms with Crippen LogP contribution >= 0.6 is 0 Å². The van der Waals surface area contributed by atoms with Crippen molar-refractivity contribution >= 4 is 12.1 Å². The van der Waals surface area contributed by atoms with Gasteiger partial charge in [0.15, 0.2) is 0 Å². The molecule has 13 heavy (non-hydrogen) atoms. The number of carbonyl (C=O) groups excluding carboxylic acids is 1. The molecule has 0 heterocycles. The van der Waals surface area contributed by atoms with Crippen molar-refractivity contribution < 1.29 is 19.4 Å². The van der Waals surface area contributed by atoms with Gasteiger partial charge in [0.05, 0.1) is 0 Å². The van der Waals surface area contributed by atoms with Crippen molar-refractivity contribution in [3.05, 3.63) is 0 Å². The number of carbonyl (C=O) groups is 2. The lowest BCUT2D eigenvalue weighted by Gasteiger charge is -2.20. The first kappa shape index (κ1) is 11.7. The molecule has 5 heteroatoms. The Morgan fingerprint density at radius 2 is 1.85 bits per heavy atom. The van der Waals surface area contributed by atoms with Gasteiger partial charge < -0.3 is 15.2 Å². The van der Waals surface area contributed by atoms with E-state index in [9.17, 15) is 9.59 Å². The van der Waals surface area contributed by atoms with Crippen LogP contribution in [0, 0.1) is 0 Å². The van der Waals surface area contributed by atoms with Crippen molar-refractivity contribution in [1.82, 2.24) is 5.32 Å². The van der Waals surface area contributed by atoms with Crippen LogP contribution in [0.25, 0.3) is 0 Å². The van der Waals surface area contributed by atoms with E-state index in [0.29, 0.717) is 0 Å². The number of amides is 1. The predicted octanol–water partition coefficient (Wildman–Crippen LogP) is 0.984. The van der Waals surface area contributed by atoms with Crippen LogP contribution in [0.2, 0.25) is 0 Å². The van der Waals surface area contributed by atoms with E-state index < -0.39 is 23.7 Å². The number of nitrogens with one attached hydrogen (secondary N) is 1. The van der Waals surface area contributed by atoms with Gasteiger partial charge in [-0.25, -0.2) is 4.79 Å². The zero-order valence-corrected chi connectivity index (χ0v) is 8.25. The molecule has 0 aromatic carbocycles. The summed E-state index contributed by atoms with van der Waals surface area (Å²) in [5, 5.41) is 10.6. The van der Waals surface area contributed by atoms with Crippen LogP contribution in [0.5, 0.6) is 0 Å². The Morgan fingerprint density at radius 1 is 1.38 bits per heavy atom. The van der Waals surface area contributed by atoms with E-state index in [4.69, 9.17) is 9.84 Å². The largest absolute Gasteiger partial charge is 0.480 e. The van der Waals surface area contributed by atoms with Gasteiger partial charge in [-0.3, -0.25) is 4.79 Å². The molecular weight excluding hydrogens is 177 g/mol. The Bertz CT molecular complexity index is 207. The average Bonchev–Trinajstić information content (AvgIpc) is 1.81. The monoisotopic (exact) mass is 192 g/mol. The minimum absolute atomic E-state index is 0.609. The Labute approximate surface area is 77.1 Å². The fraction of sp³-hybridized carbons (Fsp3) is 0.750. The number of alkyl carbamates (subject to hydrolysis) is 1. The van der Waals surface area contributed by atoms with E-state index in [-0.39, 0.29) is 0 Å². The van der Waals surface area contributed by atoms with Crippen LogP contribution in [0.15, 0.2) is 0 Å². The number of carboxylic acid groups (broad SMARTS) is 1. The molecule has 1 atom stereocenters. The molecule has 0 radical (unpaired) electrons. The summed E-state index contributed by atoms with van der Waals surface area (Å²) in [5.74, 6) is -1.09. The third-order valence-corrected chi connectivity index (χ3v) is 1.10. The first-order chi connectivity index (χ1) is 5.72. The highest BCUT2D eigenvalue weighted by molar-refractivity contribution is 5.79. The zero-order valence-electron chi connectivity index (χ0n) is 8.25. The molecule has 0 aromatic rings. The van der Waals surface area contributed by atoms with Crippen LogP contribution in [0.1, 0.15) is 27.7 Å². The van der Waals surface area contributed by atoms with Gasteiger partial charge in [-0.2, -0.15) is 0 Å². The molecule has 0 aromatic heterocycles. The second-order valence-electron chi connectivity index (χ2n) is 3.71. The van der Waals surface area contributed by atoms with Crippen LogP contribution in [-0.2, 0) is 9.53 Å². The molecule has 1 amide bonds. The number of hydrogen-bond donors (Lipinski definition) is 2. The summed E-state index contributed by atoms with van der Waals surface area (Å²) in [6.45, 7) is 6.49. The predicted molar refractivity (Wildman–Crippen MR) is 46.5 cm³/mol. The third-order valence-electron chi connectivity index (χ3n) is 1.10. The van der Waals surface area contributed by atoms with Gasteiger partial charge in [-0.15, -0.1) is 0 Å². The molecule has 0 unspecified atom stereocenters. The van der Waals surface area contributed by atoms with Crippen molar-refractivity contribution in [3.63, 3.8) is 0 Å². The van der Waals surface area contributed by atoms with Gasteiger partial charge in [0.25, 0.3) is 0 Å². The van der Waals surface area contributed by atoms with Crippen molar-refractivity contribution in [2.75, 3.05) is 0 Å². The lowest BCUT2D eigenvalue weighted by Crippen LogP contribution is -2.41. The average molecular weight is 192 g/mol. The molecule has 0 saturated carbocycles. The van der Waals surface area contributed by atoms with Gasteiger partial charge in [0.1, 0.15) is 11.6 Å². The standard InChI is InChI=1S/C8H15NO4/c1-5(6(10)11)9-7(12)13-8(2,3)4/h5H,1-4H3,(H,9,12)(H,10,11)/t5-/m0/s1/i1+1,5+1,6+1. The normalized spacial score (nSPS) is 13.2. The summed E-state index contributed by atoms with van der Waals surface area (Å²) in [4.78, 5) is 21.3. The molecule has 0 aliphatic heterocycles. The summed E-state index contributed by atoms with van der Waals surface area (Å²) >= 11 is 0. The lowest BCUT2D eigenvalue weighted by molar-refractivity contribution is -0.139. The number of ether oxygens (including phenoxy) is 1. The van der Waals surface area contributed by atoms with E-state index in [1.165, 1.54) is 6.92 Å². The summed E-state index contributed by atoms with van der Waals surface area (Å²) in [7, 11) is 0. The van der Waals surface area contributed by atoms with Crippen molar-refractivity contribution in [2.24, 2.45) is 0 Å². The number of rotatable bonds is 2. The second kappa shape index (κ2) is 4.11. The van der Waals surface area contributed by atoms with Gasteiger partial charge >= 0.3 is 12.1 Å². The molecule has 0 spiro atoms. The van der Waals surface area contributed by atoms with Crippen molar-refractivity contribution in [2.45, 2.75) is 39.3 Å². The molecule has 2 N–H and O–H groups in total. The zero-order chi connectivity index (χ0) is 10.6. The molecule has 0 bridgehead atoms. The van der Waals surface area contributed by atoms with Crippen molar-refractivity contribution in [3.8, 4) is 0 Å². The first-order valence-electron chi connectivity index (χ1n) is 3.94. The minimum atomic E-state index is -1.09. The van der Waals surface area contributed by atoms with Gasteiger partial charge in [-0.05, 0) is 27.7 Å². The second-order valence-corrected chi connectivity index (χ2v) is 3.71. The summed E-state index contributed by atoms with van der Waals surface area (Å²) < 4.78 is 4.85. The summed E-state index contributed by atoms with van der Waals surface area (Å²) in [6.07, 6.45) is -0.720. The molecule has 0 saturated heterocycles. The van der Waals surface area contributed by atoms with E-state index in [0.717, 1.165) is 0 Å². The molecule has 0 rings (SSSR count). The molecular formula is C8H15NO4. The van der Waals surface area contributed by atoms with Gasteiger partial charge in [0.2, 0.25) is 0 Å². The number of hydrogen-bond acceptors (Lipinski definition) is 3. The fourth-order valence-corrected chi connectivity index (χ4v) is 0.546. The highest BCUT2D eigenvalue weighted by Crippen LogP contribution is 2.06. The van der Waals surface area contributed by atoms with Gasteiger partial charge in [-0.1, -0.05) is 0 Å². The highest BCUT2D eigenvalue weighted by atomic mass is 16.6.